The van der Waals surface area contributed by atoms with E-state index >= 15 is 0 Å². The predicted molar refractivity (Wildman–Crippen MR) is 114 cm³/mol. The molecule has 4 rings (SSSR count). The highest BCUT2D eigenvalue weighted by Gasteiger charge is 2.28. The van der Waals surface area contributed by atoms with Gasteiger partial charge in [-0.2, -0.15) is 0 Å². The van der Waals surface area contributed by atoms with Crippen LogP contribution in [0.15, 0.2) is 72.8 Å². The summed E-state index contributed by atoms with van der Waals surface area (Å²) in [4.78, 5) is 23.6. The van der Waals surface area contributed by atoms with E-state index in [1.807, 2.05) is 54.6 Å². The molecule has 0 fully saturated rings. The first-order chi connectivity index (χ1) is 14.5. The van der Waals surface area contributed by atoms with E-state index in [0.29, 0.717) is 28.9 Å². The number of carbonyl (C=O) groups excluding carboxylic acids is 1. The number of carboxylic acids is 1. The summed E-state index contributed by atoms with van der Waals surface area (Å²) < 4.78 is 13.6. The fourth-order valence-electron chi connectivity index (χ4n) is 3.43. The first-order valence-electron chi connectivity index (χ1n) is 9.50. The van der Waals surface area contributed by atoms with Crippen LogP contribution in [0.1, 0.15) is 23.1 Å². The third-order valence-corrected chi connectivity index (χ3v) is 4.89. The van der Waals surface area contributed by atoms with Gasteiger partial charge in [0.05, 0.1) is 17.0 Å². The van der Waals surface area contributed by atoms with Gasteiger partial charge >= 0.3 is 5.97 Å². The number of aryl methyl sites for hydroxylation is 1. The molecule has 1 heterocycles. The van der Waals surface area contributed by atoms with E-state index in [1.165, 1.54) is 12.1 Å². The van der Waals surface area contributed by atoms with Crippen LogP contribution in [0.2, 0.25) is 0 Å². The summed E-state index contributed by atoms with van der Waals surface area (Å²) in [5, 5.41) is 14.9. The number of amides is 1. The van der Waals surface area contributed by atoms with Gasteiger partial charge in [0.25, 0.3) is 5.91 Å². The van der Waals surface area contributed by atoms with E-state index < -0.39 is 11.8 Å². The lowest BCUT2D eigenvalue weighted by molar-refractivity contribution is -0.137. The Morgan fingerprint density at radius 1 is 1.00 bits per heavy atom. The minimum Gasteiger partial charge on any atom is -0.481 e. The van der Waals surface area contributed by atoms with Crippen LogP contribution in [0.4, 0.5) is 15.8 Å². The minimum absolute atomic E-state index is 0.0525. The van der Waals surface area contributed by atoms with E-state index in [4.69, 9.17) is 5.11 Å². The molecule has 0 aliphatic carbocycles. The number of halogens is 1. The first kappa shape index (κ1) is 19.4. The molecular formula is C24H19FN2O3. The zero-order chi connectivity index (χ0) is 21.1. The number of rotatable bonds is 6. The molecule has 0 bridgehead atoms. The number of para-hydroxylation sites is 1. The van der Waals surface area contributed by atoms with Crippen LogP contribution < -0.4 is 10.6 Å². The Morgan fingerprint density at radius 3 is 2.43 bits per heavy atom. The zero-order valence-corrected chi connectivity index (χ0v) is 16.0. The van der Waals surface area contributed by atoms with E-state index in [-0.39, 0.29) is 12.3 Å². The van der Waals surface area contributed by atoms with Crippen LogP contribution in [0.25, 0.3) is 11.3 Å². The van der Waals surface area contributed by atoms with E-state index in [2.05, 4.69) is 10.6 Å². The number of fused-ring (bicyclic) bond motifs is 1. The molecule has 1 aliphatic heterocycles. The number of aliphatic carboxylic acids is 1. The summed E-state index contributed by atoms with van der Waals surface area (Å²) in [6, 6.07) is 21.1. The van der Waals surface area contributed by atoms with Crippen LogP contribution in [-0.2, 0) is 16.0 Å². The first-order valence-corrected chi connectivity index (χ1v) is 9.50. The van der Waals surface area contributed by atoms with Crippen LogP contribution >= 0.6 is 0 Å². The molecule has 0 saturated heterocycles. The Hall–Kier alpha value is -3.93. The summed E-state index contributed by atoms with van der Waals surface area (Å²) in [6.45, 7) is 0. The molecule has 30 heavy (non-hydrogen) atoms. The molecular weight excluding hydrogens is 383 g/mol. The fraction of sp³-hybridized carbons (Fsp3) is 0.0833. The zero-order valence-electron chi connectivity index (χ0n) is 16.0. The second-order valence-electron chi connectivity index (χ2n) is 6.98. The van der Waals surface area contributed by atoms with Gasteiger partial charge in [0.15, 0.2) is 0 Å². The quantitative estimate of drug-likeness (QED) is 0.519. The monoisotopic (exact) mass is 402 g/mol. The van der Waals surface area contributed by atoms with Crippen molar-refractivity contribution in [1.82, 2.24) is 0 Å². The topological polar surface area (TPSA) is 78.4 Å². The SMILES string of the molecule is O=C(O)CCc1ccc(C(Nc2ccccc2)=C2C(=O)Nc3cc(F)ccc32)cc1. The Labute approximate surface area is 172 Å². The molecule has 3 aromatic rings. The second kappa shape index (κ2) is 8.21. The van der Waals surface area contributed by atoms with Gasteiger partial charge in [0.2, 0.25) is 0 Å². The minimum atomic E-state index is -0.848. The maximum Gasteiger partial charge on any atom is 0.303 e. The number of carboxylic acid groups (broad SMARTS) is 1. The second-order valence-corrected chi connectivity index (χ2v) is 6.98. The van der Waals surface area contributed by atoms with Crippen LogP contribution in [0.3, 0.4) is 0 Å². The molecule has 0 atom stereocenters. The molecule has 3 N–H and O–H groups in total. The van der Waals surface area contributed by atoms with Crippen LogP contribution in [0.5, 0.6) is 0 Å². The largest absolute Gasteiger partial charge is 0.481 e. The normalized spacial score (nSPS) is 14.1. The Balaban J connectivity index is 1.79. The highest BCUT2D eigenvalue weighted by Crippen LogP contribution is 2.37. The maximum atomic E-state index is 13.6. The Bertz CT molecular complexity index is 1140. The highest BCUT2D eigenvalue weighted by atomic mass is 19.1. The van der Waals surface area contributed by atoms with E-state index in [1.54, 1.807) is 6.07 Å². The van der Waals surface area contributed by atoms with Crippen molar-refractivity contribution in [2.24, 2.45) is 0 Å². The molecule has 3 aromatic carbocycles. The van der Waals surface area contributed by atoms with Gasteiger partial charge in [0.1, 0.15) is 5.82 Å². The van der Waals surface area contributed by atoms with E-state index in [0.717, 1.165) is 16.8 Å². The van der Waals surface area contributed by atoms with Gasteiger partial charge < -0.3 is 15.7 Å². The summed E-state index contributed by atoms with van der Waals surface area (Å²) in [5.41, 5.74) is 4.53. The van der Waals surface area contributed by atoms with Crippen molar-refractivity contribution in [3.05, 3.63) is 95.3 Å². The van der Waals surface area contributed by atoms with Crippen LogP contribution in [0, 0.1) is 5.82 Å². The predicted octanol–water partition coefficient (Wildman–Crippen LogP) is 4.78. The van der Waals surface area contributed by atoms with E-state index in [9.17, 15) is 14.0 Å². The molecule has 0 unspecified atom stereocenters. The molecule has 0 aromatic heterocycles. The number of anilines is 2. The average molecular weight is 402 g/mol. The molecule has 0 spiro atoms. The highest BCUT2D eigenvalue weighted by molar-refractivity contribution is 6.37. The van der Waals surface area contributed by atoms with Gasteiger partial charge in [-0.25, -0.2) is 4.39 Å². The number of hydrogen-bond acceptors (Lipinski definition) is 3. The lowest BCUT2D eigenvalue weighted by Crippen LogP contribution is -2.10. The van der Waals surface area contributed by atoms with Gasteiger partial charge in [-0.05, 0) is 47.9 Å². The molecule has 150 valence electrons. The van der Waals surface area contributed by atoms with Crippen molar-refractivity contribution in [3.8, 4) is 0 Å². The molecule has 0 radical (unpaired) electrons. The van der Waals surface area contributed by atoms with Gasteiger partial charge in [-0.15, -0.1) is 0 Å². The smallest absolute Gasteiger partial charge is 0.303 e. The summed E-state index contributed by atoms with van der Waals surface area (Å²) >= 11 is 0. The lowest BCUT2D eigenvalue weighted by atomic mass is 9.98. The Morgan fingerprint density at radius 2 is 1.73 bits per heavy atom. The standard InChI is InChI=1S/C24H19FN2O3/c25-17-11-12-19-20(14-17)27-24(30)22(19)23(26-18-4-2-1-3-5-18)16-9-6-15(7-10-16)8-13-21(28)29/h1-7,9-12,14,26H,8,13H2,(H,27,30)(H,28,29). The number of nitrogens with one attached hydrogen (secondary N) is 2. The van der Waals surface area contributed by atoms with Crippen molar-refractivity contribution < 1.29 is 19.1 Å². The average Bonchev–Trinajstić information content (AvgIpc) is 3.06. The number of carbonyl (C=O) groups is 2. The summed E-state index contributed by atoms with van der Waals surface area (Å²) in [6.07, 6.45) is 0.479. The molecule has 6 heteroatoms. The third-order valence-electron chi connectivity index (χ3n) is 4.89. The van der Waals surface area contributed by atoms with Crippen molar-refractivity contribution in [2.75, 3.05) is 10.6 Å². The number of hydrogen-bond donors (Lipinski definition) is 3. The molecule has 1 aliphatic rings. The Kier molecular flexibility index (Phi) is 5.30. The molecule has 5 nitrogen and oxygen atoms in total. The lowest BCUT2D eigenvalue weighted by Gasteiger charge is -2.15. The van der Waals surface area contributed by atoms with Gasteiger partial charge in [0, 0.05) is 17.7 Å². The van der Waals surface area contributed by atoms with Crippen molar-refractivity contribution in [1.29, 1.82) is 0 Å². The van der Waals surface area contributed by atoms with Crippen molar-refractivity contribution in [3.63, 3.8) is 0 Å². The molecule has 0 saturated carbocycles. The van der Waals surface area contributed by atoms with Gasteiger partial charge in [-0.1, -0.05) is 42.5 Å². The fourth-order valence-corrected chi connectivity index (χ4v) is 3.43. The van der Waals surface area contributed by atoms with Gasteiger partial charge in [-0.3, -0.25) is 9.59 Å². The number of benzene rings is 3. The maximum absolute atomic E-state index is 13.6. The third kappa shape index (κ3) is 4.07. The molecule has 1 amide bonds. The van der Waals surface area contributed by atoms with Crippen molar-refractivity contribution in [2.45, 2.75) is 12.8 Å². The summed E-state index contributed by atoms with van der Waals surface area (Å²) in [7, 11) is 0. The summed E-state index contributed by atoms with van der Waals surface area (Å²) in [5.74, 6) is -1.58. The van der Waals surface area contributed by atoms with Crippen molar-refractivity contribution >= 4 is 34.5 Å². The van der Waals surface area contributed by atoms with Crippen LogP contribution in [-0.4, -0.2) is 17.0 Å².